The number of benzene rings is 1. The van der Waals surface area contributed by atoms with Gasteiger partial charge in [0.1, 0.15) is 5.82 Å². The zero-order valence-corrected chi connectivity index (χ0v) is 10.1. The molecule has 3 heteroatoms. The Morgan fingerprint density at radius 2 is 1.88 bits per heavy atom. The molecule has 0 aliphatic heterocycles. The van der Waals surface area contributed by atoms with E-state index in [1.807, 2.05) is 26.8 Å². The molecule has 2 nitrogen and oxygen atoms in total. The second-order valence-electron chi connectivity index (χ2n) is 4.36. The molecule has 3 atom stereocenters. The lowest BCUT2D eigenvalue weighted by Gasteiger charge is -2.24. The van der Waals surface area contributed by atoms with Crippen molar-refractivity contribution in [2.24, 2.45) is 5.92 Å². The number of rotatable bonds is 5. The van der Waals surface area contributed by atoms with E-state index in [2.05, 4.69) is 5.32 Å². The molecule has 1 aromatic carbocycles. The van der Waals surface area contributed by atoms with Crippen LogP contribution in [0, 0.1) is 11.7 Å². The molecule has 0 bridgehead atoms. The number of aliphatic hydroxyl groups excluding tert-OH is 1. The molecule has 0 aliphatic carbocycles. The number of aliphatic hydroxyl groups is 1. The molecule has 0 fully saturated rings. The van der Waals surface area contributed by atoms with Gasteiger partial charge in [-0.3, -0.25) is 0 Å². The normalized spacial score (nSPS) is 16.8. The van der Waals surface area contributed by atoms with Crippen molar-refractivity contribution < 1.29 is 9.50 Å². The molecule has 16 heavy (non-hydrogen) atoms. The van der Waals surface area contributed by atoms with Crippen LogP contribution in [0.4, 0.5) is 4.39 Å². The van der Waals surface area contributed by atoms with Gasteiger partial charge in [-0.15, -0.1) is 0 Å². The highest BCUT2D eigenvalue weighted by Gasteiger charge is 2.16. The van der Waals surface area contributed by atoms with Crippen LogP contribution in [-0.4, -0.2) is 17.8 Å². The van der Waals surface area contributed by atoms with Crippen molar-refractivity contribution >= 4 is 0 Å². The first-order valence-corrected chi connectivity index (χ1v) is 5.67. The molecule has 0 spiro atoms. The third kappa shape index (κ3) is 3.29. The SMILES string of the molecule is CC(NC(C)C(C)CO)c1ccccc1F. The van der Waals surface area contributed by atoms with Crippen molar-refractivity contribution in [2.75, 3.05) is 6.61 Å². The molecule has 0 saturated carbocycles. The van der Waals surface area contributed by atoms with Crippen LogP contribution in [-0.2, 0) is 0 Å². The van der Waals surface area contributed by atoms with Crippen LogP contribution < -0.4 is 5.32 Å². The van der Waals surface area contributed by atoms with Gasteiger partial charge >= 0.3 is 0 Å². The zero-order chi connectivity index (χ0) is 12.1. The molecule has 90 valence electrons. The molecule has 0 radical (unpaired) electrons. The lowest BCUT2D eigenvalue weighted by Crippen LogP contribution is -2.35. The highest BCUT2D eigenvalue weighted by molar-refractivity contribution is 5.20. The Morgan fingerprint density at radius 1 is 1.25 bits per heavy atom. The summed E-state index contributed by atoms with van der Waals surface area (Å²) in [6.45, 7) is 6.03. The highest BCUT2D eigenvalue weighted by Crippen LogP contribution is 2.17. The van der Waals surface area contributed by atoms with E-state index in [0.717, 1.165) is 0 Å². The third-order valence-corrected chi connectivity index (χ3v) is 3.03. The molecule has 2 N–H and O–H groups in total. The third-order valence-electron chi connectivity index (χ3n) is 3.03. The molecule has 1 rings (SSSR count). The van der Waals surface area contributed by atoms with E-state index in [9.17, 15) is 4.39 Å². The van der Waals surface area contributed by atoms with E-state index in [-0.39, 0.29) is 30.4 Å². The number of halogens is 1. The average Bonchev–Trinajstić information content (AvgIpc) is 2.28. The van der Waals surface area contributed by atoms with Crippen molar-refractivity contribution in [1.29, 1.82) is 0 Å². The summed E-state index contributed by atoms with van der Waals surface area (Å²) in [6, 6.07) is 6.86. The van der Waals surface area contributed by atoms with Gasteiger partial charge in [0.2, 0.25) is 0 Å². The Morgan fingerprint density at radius 3 is 2.44 bits per heavy atom. The van der Waals surface area contributed by atoms with Crippen LogP contribution in [0.2, 0.25) is 0 Å². The lowest BCUT2D eigenvalue weighted by atomic mass is 10.0. The zero-order valence-electron chi connectivity index (χ0n) is 10.1. The Kier molecular flexibility index (Phi) is 4.90. The summed E-state index contributed by atoms with van der Waals surface area (Å²) in [6.07, 6.45) is 0. The molecular formula is C13H20FNO. The van der Waals surface area contributed by atoms with Crippen LogP contribution in [0.25, 0.3) is 0 Å². The predicted molar refractivity (Wildman–Crippen MR) is 63.7 cm³/mol. The summed E-state index contributed by atoms with van der Waals surface area (Å²) in [7, 11) is 0. The van der Waals surface area contributed by atoms with Gasteiger partial charge in [0, 0.05) is 24.3 Å². The molecule has 3 unspecified atom stereocenters. The molecule has 0 saturated heterocycles. The predicted octanol–water partition coefficient (Wildman–Crippen LogP) is 2.49. The van der Waals surface area contributed by atoms with Crippen LogP contribution in [0.5, 0.6) is 0 Å². The first-order chi connectivity index (χ1) is 7.56. The Hall–Kier alpha value is -0.930. The minimum Gasteiger partial charge on any atom is -0.396 e. The number of hydrogen-bond acceptors (Lipinski definition) is 2. The van der Waals surface area contributed by atoms with Gasteiger partial charge in [-0.1, -0.05) is 25.1 Å². The summed E-state index contributed by atoms with van der Waals surface area (Å²) in [5.41, 5.74) is 0.666. The average molecular weight is 225 g/mol. The van der Waals surface area contributed by atoms with E-state index < -0.39 is 0 Å². The monoisotopic (exact) mass is 225 g/mol. The van der Waals surface area contributed by atoms with Crippen molar-refractivity contribution in [1.82, 2.24) is 5.32 Å². The van der Waals surface area contributed by atoms with E-state index in [1.54, 1.807) is 12.1 Å². The fraction of sp³-hybridized carbons (Fsp3) is 0.538. The largest absolute Gasteiger partial charge is 0.396 e. The first kappa shape index (κ1) is 13.1. The van der Waals surface area contributed by atoms with Gasteiger partial charge in [-0.25, -0.2) is 4.39 Å². The molecule has 0 heterocycles. The molecular weight excluding hydrogens is 205 g/mol. The second kappa shape index (κ2) is 5.97. The molecule has 0 amide bonds. The summed E-state index contributed by atoms with van der Waals surface area (Å²) < 4.78 is 13.5. The summed E-state index contributed by atoms with van der Waals surface area (Å²) in [4.78, 5) is 0. The van der Waals surface area contributed by atoms with E-state index in [1.165, 1.54) is 6.07 Å². The van der Waals surface area contributed by atoms with E-state index in [4.69, 9.17) is 5.11 Å². The van der Waals surface area contributed by atoms with Gasteiger partial charge in [0.25, 0.3) is 0 Å². The second-order valence-corrected chi connectivity index (χ2v) is 4.36. The summed E-state index contributed by atoms with van der Waals surface area (Å²) in [5, 5.41) is 12.3. The van der Waals surface area contributed by atoms with Crippen LogP contribution in [0.3, 0.4) is 0 Å². The Labute approximate surface area is 96.5 Å². The maximum atomic E-state index is 13.5. The smallest absolute Gasteiger partial charge is 0.127 e. The first-order valence-electron chi connectivity index (χ1n) is 5.67. The summed E-state index contributed by atoms with van der Waals surface area (Å²) in [5.74, 6) is -0.0272. The number of hydrogen-bond donors (Lipinski definition) is 2. The van der Waals surface area contributed by atoms with Gasteiger partial charge in [-0.2, -0.15) is 0 Å². The van der Waals surface area contributed by atoms with E-state index in [0.29, 0.717) is 5.56 Å². The van der Waals surface area contributed by atoms with Crippen LogP contribution >= 0.6 is 0 Å². The molecule has 0 aliphatic rings. The fourth-order valence-electron chi connectivity index (χ4n) is 1.63. The minimum atomic E-state index is -0.189. The van der Waals surface area contributed by atoms with Crippen molar-refractivity contribution in [3.05, 3.63) is 35.6 Å². The fourth-order valence-corrected chi connectivity index (χ4v) is 1.63. The van der Waals surface area contributed by atoms with Crippen LogP contribution in [0.15, 0.2) is 24.3 Å². The van der Waals surface area contributed by atoms with Crippen molar-refractivity contribution in [3.63, 3.8) is 0 Å². The minimum absolute atomic E-state index is 0.0507. The number of nitrogens with one attached hydrogen (secondary N) is 1. The van der Waals surface area contributed by atoms with Crippen LogP contribution in [0.1, 0.15) is 32.4 Å². The topological polar surface area (TPSA) is 32.3 Å². The van der Waals surface area contributed by atoms with Gasteiger partial charge < -0.3 is 10.4 Å². The van der Waals surface area contributed by atoms with Crippen molar-refractivity contribution in [2.45, 2.75) is 32.9 Å². The maximum Gasteiger partial charge on any atom is 0.127 e. The highest BCUT2D eigenvalue weighted by atomic mass is 19.1. The quantitative estimate of drug-likeness (QED) is 0.807. The molecule has 0 aromatic heterocycles. The maximum absolute atomic E-state index is 13.5. The Balaban J connectivity index is 2.65. The van der Waals surface area contributed by atoms with Gasteiger partial charge in [0.05, 0.1) is 0 Å². The Bertz CT molecular complexity index is 329. The van der Waals surface area contributed by atoms with E-state index >= 15 is 0 Å². The van der Waals surface area contributed by atoms with Gasteiger partial charge in [0.15, 0.2) is 0 Å². The lowest BCUT2D eigenvalue weighted by molar-refractivity contribution is 0.202. The molecule has 1 aromatic rings. The standard InChI is InChI=1S/C13H20FNO/c1-9(8-16)10(2)15-11(3)12-6-4-5-7-13(12)14/h4-7,9-11,15-16H,8H2,1-3H3. The summed E-state index contributed by atoms with van der Waals surface area (Å²) >= 11 is 0. The van der Waals surface area contributed by atoms with Gasteiger partial charge in [-0.05, 0) is 25.8 Å². The van der Waals surface area contributed by atoms with Crippen molar-refractivity contribution in [3.8, 4) is 0 Å².